The molecule has 9 heteroatoms. The molecule has 1 aromatic carbocycles. The molecule has 3 aromatic rings. The fraction of sp³-hybridized carbons (Fsp3) is 0.312. The van der Waals surface area contributed by atoms with Crippen molar-refractivity contribution in [1.82, 2.24) is 14.3 Å². The highest BCUT2D eigenvalue weighted by Gasteiger charge is 2.17. The number of aryl methyl sites for hydroxylation is 2. The van der Waals surface area contributed by atoms with Gasteiger partial charge >= 0.3 is 0 Å². The molecule has 2 aromatic heterocycles. The van der Waals surface area contributed by atoms with Crippen LogP contribution in [0.25, 0.3) is 10.2 Å². The van der Waals surface area contributed by atoms with E-state index in [-0.39, 0.29) is 5.88 Å². The summed E-state index contributed by atoms with van der Waals surface area (Å²) in [5.41, 5.74) is 1.21. The first kappa shape index (κ1) is 17.0. The second kappa shape index (κ2) is 6.60. The highest BCUT2D eigenvalue weighted by molar-refractivity contribution is 7.16. The maximum atomic E-state index is 12.5. The van der Waals surface area contributed by atoms with Gasteiger partial charge in [-0.25, -0.2) is 0 Å². The van der Waals surface area contributed by atoms with Gasteiger partial charge < -0.3 is 18.8 Å². The molecule has 2 heterocycles. The molecule has 0 radical (unpaired) electrons. The fourth-order valence-electron chi connectivity index (χ4n) is 2.47. The number of carbonyl (C=O) groups is 1. The van der Waals surface area contributed by atoms with Crippen molar-refractivity contribution in [3.63, 3.8) is 0 Å². The number of aromatic nitrogens is 3. The molecule has 25 heavy (non-hydrogen) atoms. The van der Waals surface area contributed by atoms with Crippen molar-refractivity contribution in [3.8, 4) is 17.4 Å². The van der Waals surface area contributed by atoms with Gasteiger partial charge in [-0.3, -0.25) is 9.48 Å². The third-order valence-electron chi connectivity index (χ3n) is 3.73. The van der Waals surface area contributed by atoms with Crippen molar-refractivity contribution >= 4 is 27.5 Å². The van der Waals surface area contributed by atoms with Crippen molar-refractivity contribution in [2.45, 2.75) is 0 Å². The molecule has 0 spiro atoms. The van der Waals surface area contributed by atoms with Crippen molar-refractivity contribution in [3.05, 3.63) is 28.7 Å². The molecule has 132 valence electrons. The van der Waals surface area contributed by atoms with Gasteiger partial charge in [0.05, 0.1) is 31.5 Å². The predicted molar refractivity (Wildman–Crippen MR) is 93.6 cm³/mol. The molecule has 8 nitrogen and oxygen atoms in total. The molecule has 0 N–H and O–H groups in total. The van der Waals surface area contributed by atoms with Crippen LogP contribution in [0.15, 0.2) is 23.3 Å². The van der Waals surface area contributed by atoms with Crippen LogP contribution in [-0.2, 0) is 14.1 Å². The lowest BCUT2D eigenvalue weighted by molar-refractivity contribution is 0.0995. The highest BCUT2D eigenvalue weighted by Crippen LogP contribution is 2.33. The summed E-state index contributed by atoms with van der Waals surface area (Å²) in [5, 5.41) is 4.08. The van der Waals surface area contributed by atoms with Crippen LogP contribution < -0.4 is 19.0 Å². The summed E-state index contributed by atoms with van der Waals surface area (Å²) in [6, 6.07) is 3.73. The highest BCUT2D eigenvalue weighted by atomic mass is 32.1. The van der Waals surface area contributed by atoms with E-state index in [1.165, 1.54) is 23.1 Å². The number of methoxy groups -OCH3 is 3. The largest absolute Gasteiger partial charge is 0.493 e. The number of hydrogen-bond acceptors (Lipinski definition) is 6. The summed E-state index contributed by atoms with van der Waals surface area (Å²) in [5.74, 6) is 1.09. The molecule has 0 unspecified atom stereocenters. The third-order valence-corrected chi connectivity index (χ3v) is 4.83. The van der Waals surface area contributed by atoms with Crippen molar-refractivity contribution < 1.29 is 19.0 Å². The molecule has 0 fully saturated rings. The number of rotatable bonds is 4. The zero-order chi connectivity index (χ0) is 18.1. The Morgan fingerprint density at radius 3 is 2.44 bits per heavy atom. The van der Waals surface area contributed by atoms with Gasteiger partial charge in [-0.05, 0) is 0 Å². The molecule has 0 saturated heterocycles. The molecule has 1 amide bonds. The molecular weight excluding hydrogens is 344 g/mol. The van der Waals surface area contributed by atoms with E-state index >= 15 is 0 Å². The van der Waals surface area contributed by atoms with Crippen LogP contribution in [0.2, 0.25) is 0 Å². The summed E-state index contributed by atoms with van der Waals surface area (Å²) in [6.07, 6.45) is 1.59. The SMILES string of the molecule is COc1cc2sc(=NC(=O)c3cn(C)nc3OC)n(C)c2cc1OC. The minimum atomic E-state index is -0.411. The van der Waals surface area contributed by atoms with E-state index in [1.807, 2.05) is 23.7 Å². The molecule has 3 rings (SSSR count). The van der Waals surface area contributed by atoms with Crippen LogP contribution in [0.1, 0.15) is 10.4 Å². The normalized spacial score (nSPS) is 11.8. The number of benzene rings is 1. The lowest BCUT2D eigenvalue weighted by atomic mass is 10.3. The maximum absolute atomic E-state index is 12.5. The number of ether oxygens (including phenoxy) is 3. The Balaban J connectivity index is 2.13. The van der Waals surface area contributed by atoms with E-state index in [9.17, 15) is 4.79 Å². The number of carbonyl (C=O) groups excluding carboxylic acids is 1. The van der Waals surface area contributed by atoms with Gasteiger partial charge in [0.2, 0.25) is 5.88 Å². The number of fused-ring (bicyclic) bond motifs is 1. The predicted octanol–water partition coefficient (Wildman–Crippen LogP) is 1.74. The summed E-state index contributed by atoms with van der Waals surface area (Å²) in [4.78, 5) is 17.3. The first-order valence-electron chi connectivity index (χ1n) is 7.36. The summed E-state index contributed by atoms with van der Waals surface area (Å²) >= 11 is 1.39. The van der Waals surface area contributed by atoms with Crippen LogP contribution in [0, 0.1) is 0 Å². The number of nitrogens with zero attached hydrogens (tertiary/aromatic N) is 4. The Bertz CT molecular complexity index is 1020. The van der Waals surface area contributed by atoms with E-state index in [1.54, 1.807) is 27.5 Å². The molecule has 0 bridgehead atoms. The Morgan fingerprint density at radius 2 is 1.80 bits per heavy atom. The van der Waals surface area contributed by atoms with Gasteiger partial charge in [0, 0.05) is 32.4 Å². The standard InChI is InChI=1S/C16H18N4O4S/c1-19-8-9(15(18-19)24-5)14(21)17-16-20(2)10-6-11(22-3)12(23-4)7-13(10)25-16/h6-8H,1-5H3. The monoisotopic (exact) mass is 362 g/mol. The maximum Gasteiger partial charge on any atom is 0.286 e. The van der Waals surface area contributed by atoms with Crippen molar-refractivity contribution in [1.29, 1.82) is 0 Å². The fourth-order valence-corrected chi connectivity index (χ4v) is 3.50. The van der Waals surface area contributed by atoms with Crippen molar-refractivity contribution in [2.75, 3.05) is 21.3 Å². The minimum Gasteiger partial charge on any atom is -0.493 e. The van der Waals surface area contributed by atoms with E-state index in [0.29, 0.717) is 21.9 Å². The zero-order valence-corrected chi connectivity index (χ0v) is 15.4. The summed E-state index contributed by atoms with van der Waals surface area (Å²) < 4.78 is 20.1. The van der Waals surface area contributed by atoms with Gasteiger partial charge in [-0.1, -0.05) is 11.3 Å². The first-order chi connectivity index (χ1) is 12.0. The first-order valence-corrected chi connectivity index (χ1v) is 8.18. The number of thiazole rings is 1. The Kier molecular flexibility index (Phi) is 4.49. The topological polar surface area (TPSA) is 79.9 Å². The second-order valence-electron chi connectivity index (χ2n) is 5.26. The van der Waals surface area contributed by atoms with Crippen LogP contribution in [-0.4, -0.2) is 41.6 Å². The second-order valence-corrected chi connectivity index (χ2v) is 6.27. The van der Waals surface area contributed by atoms with Gasteiger partial charge in [-0.2, -0.15) is 4.99 Å². The Morgan fingerprint density at radius 1 is 1.12 bits per heavy atom. The molecule has 0 saturated carbocycles. The average molecular weight is 362 g/mol. The van der Waals surface area contributed by atoms with Crippen LogP contribution in [0.3, 0.4) is 0 Å². The van der Waals surface area contributed by atoms with E-state index in [4.69, 9.17) is 14.2 Å². The van der Waals surface area contributed by atoms with E-state index in [0.717, 1.165) is 10.2 Å². The third kappa shape index (κ3) is 2.98. The average Bonchev–Trinajstić information content (AvgIpc) is 3.13. The molecule has 0 atom stereocenters. The van der Waals surface area contributed by atoms with Gasteiger partial charge in [-0.15, -0.1) is 5.10 Å². The van der Waals surface area contributed by atoms with E-state index in [2.05, 4.69) is 10.1 Å². The summed E-state index contributed by atoms with van der Waals surface area (Å²) in [6.45, 7) is 0. The number of amides is 1. The Hall–Kier alpha value is -2.81. The lowest BCUT2D eigenvalue weighted by Gasteiger charge is -2.07. The van der Waals surface area contributed by atoms with Gasteiger partial charge in [0.25, 0.3) is 5.91 Å². The quantitative estimate of drug-likeness (QED) is 0.706. The molecular formula is C16H18N4O4S. The van der Waals surface area contributed by atoms with Crippen LogP contribution >= 0.6 is 11.3 Å². The molecule has 0 aliphatic carbocycles. The Labute approximate surface area is 147 Å². The smallest absolute Gasteiger partial charge is 0.286 e. The van der Waals surface area contributed by atoms with Crippen LogP contribution in [0.5, 0.6) is 17.4 Å². The molecule has 0 aliphatic heterocycles. The van der Waals surface area contributed by atoms with Crippen molar-refractivity contribution in [2.24, 2.45) is 19.1 Å². The van der Waals surface area contributed by atoms with Gasteiger partial charge in [0.1, 0.15) is 5.56 Å². The zero-order valence-electron chi connectivity index (χ0n) is 14.6. The molecule has 0 aliphatic rings. The minimum absolute atomic E-state index is 0.253. The number of hydrogen-bond donors (Lipinski definition) is 0. The van der Waals surface area contributed by atoms with E-state index < -0.39 is 5.91 Å². The van der Waals surface area contributed by atoms with Crippen LogP contribution in [0.4, 0.5) is 0 Å². The summed E-state index contributed by atoms with van der Waals surface area (Å²) in [7, 11) is 8.20. The van der Waals surface area contributed by atoms with Gasteiger partial charge in [0.15, 0.2) is 16.3 Å². The lowest BCUT2D eigenvalue weighted by Crippen LogP contribution is -2.13.